The third kappa shape index (κ3) is 6.26. The number of halogens is 2. The van der Waals surface area contributed by atoms with Gasteiger partial charge in [-0.05, 0) is 55.1 Å². The number of carbonyl (C=O) groups is 2. The third-order valence-electron chi connectivity index (χ3n) is 6.30. The highest BCUT2D eigenvalue weighted by Gasteiger charge is 2.24. The van der Waals surface area contributed by atoms with Crippen LogP contribution in [-0.2, 0) is 24.4 Å². The van der Waals surface area contributed by atoms with E-state index in [0.717, 1.165) is 42.6 Å². The molecule has 0 aliphatic carbocycles. The van der Waals surface area contributed by atoms with Crippen molar-refractivity contribution in [2.24, 2.45) is 11.7 Å². The van der Waals surface area contributed by atoms with E-state index in [1.807, 2.05) is 18.2 Å². The molecule has 1 aliphatic heterocycles. The Labute approximate surface area is 209 Å². The van der Waals surface area contributed by atoms with Gasteiger partial charge in [0.1, 0.15) is 11.0 Å². The van der Waals surface area contributed by atoms with Gasteiger partial charge in [0.15, 0.2) is 0 Å². The summed E-state index contributed by atoms with van der Waals surface area (Å²) in [5, 5.41) is 7.57. The number of aryl methyl sites for hydroxylation is 1. The van der Waals surface area contributed by atoms with Gasteiger partial charge >= 0.3 is 0 Å². The van der Waals surface area contributed by atoms with Crippen LogP contribution in [0.15, 0.2) is 48.5 Å². The average Bonchev–Trinajstić information content (AvgIpc) is 3.12. The Hall–Kier alpha value is -3.23. The lowest BCUT2D eigenvalue weighted by atomic mass is 9.97. The monoisotopic (exact) mass is 497 g/mol. The number of hydrogen-bond acceptors (Lipinski definition) is 4. The second kappa shape index (κ2) is 11.0. The Kier molecular flexibility index (Phi) is 7.83. The zero-order chi connectivity index (χ0) is 24.9. The van der Waals surface area contributed by atoms with Gasteiger partial charge in [-0.25, -0.2) is 9.07 Å². The molecule has 1 fully saturated rings. The van der Waals surface area contributed by atoms with Crippen LogP contribution in [0.5, 0.6) is 0 Å². The zero-order valence-corrected chi connectivity index (χ0v) is 20.4. The molecule has 0 radical (unpaired) electrons. The molecule has 0 saturated carbocycles. The molecule has 3 aromatic rings. The molecule has 1 saturated heterocycles. The number of piperidine rings is 1. The predicted molar refractivity (Wildman–Crippen MR) is 132 cm³/mol. The van der Waals surface area contributed by atoms with Crippen LogP contribution in [0.25, 0.3) is 0 Å². The van der Waals surface area contributed by atoms with Crippen molar-refractivity contribution in [2.45, 2.75) is 39.4 Å². The molecule has 184 valence electrons. The first kappa shape index (κ1) is 24.9. The lowest BCUT2D eigenvalue weighted by Crippen LogP contribution is -2.40. The number of hydrogen-bond donors (Lipinski definition) is 2. The summed E-state index contributed by atoms with van der Waals surface area (Å²) < 4.78 is 14.7. The van der Waals surface area contributed by atoms with Crippen molar-refractivity contribution in [3.8, 4) is 0 Å². The van der Waals surface area contributed by atoms with Gasteiger partial charge in [0.2, 0.25) is 5.91 Å². The van der Waals surface area contributed by atoms with E-state index in [4.69, 9.17) is 17.3 Å². The zero-order valence-electron chi connectivity index (χ0n) is 19.6. The summed E-state index contributed by atoms with van der Waals surface area (Å²) in [5.41, 5.74) is 9.26. The van der Waals surface area contributed by atoms with Crippen LogP contribution in [0.3, 0.4) is 0 Å². The van der Waals surface area contributed by atoms with Crippen molar-refractivity contribution in [1.29, 1.82) is 0 Å². The number of aromatic nitrogens is 2. The first-order chi connectivity index (χ1) is 16.8. The predicted octanol–water partition coefficient (Wildman–Crippen LogP) is 3.66. The first-order valence-electron chi connectivity index (χ1n) is 11.6. The molecule has 1 aliphatic rings. The second-order valence-corrected chi connectivity index (χ2v) is 9.37. The summed E-state index contributed by atoms with van der Waals surface area (Å²) >= 11 is 6.48. The van der Waals surface area contributed by atoms with Crippen LogP contribution in [0.4, 0.5) is 4.39 Å². The lowest BCUT2D eigenvalue weighted by Gasteiger charge is -2.31. The van der Waals surface area contributed by atoms with Crippen molar-refractivity contribution < 1.29 is 14.0 Å². The van der Waals surface area contributed by atoms with Gasteiger partial charge < -0.3 is 11.1 Å². The molecule has 1 aromatic heterocycles. The number of nitrogens with two attached hydrogens (primary N) is 1. The van der Waals surface area contributed by atoms with E-state index in [1.165, 1.54) is 16.8 Å². The van der Waals surface area contributed by atoms with Gasteiger partial charge in [0.25, 0.3) is 5.91 Å². The fraction of sp³-hybridized carbons (Fsp3) is 0.346. The standard InChI is InChI=1S/C26H29ClFN5O2/c1-17-23(24(27)33(31-17)15-18-7-9-22(28)10-8-18)26(35)30-13-19-4-2-5-20(12-19)14-32-11-3-6-21(16-32)25(29)34/h2,4-5,7-10,12,21H,3,6,11,13-16H2,1H3,(H2,29,34)(H,30,35). The minimum atomic E-state index is -0.314. The molecular weight excluding hydrogens is 469 g/mol. The summed E-state index contributed by atoms with van der Waals surface area (Å²) in [6.45, 7) is 4.76. The number of carbonyl (C=O) groups excluding carboxylic acids is 2. The van der Waals surface area contributed by atoms with E-state index in [2.05, 4.69) is 21.4 Å². The SMILES string of the molecule is Cc1nn(Cc2ccc(F)cc2)c(Cl)c1C(=O)NCc1cccc(CN2CCCC(C(N)=O)C2)c1. The molecule has 2 amide bonds. The highest BCUT2D eigenvalue weighted by Crippen LogP contribution is 2.22. The van der Waals surface area contributed by atoms with Crippen LogP contribution in [0.2, 0.25) is 5.15 Å². The maximum absolute atomic E-state index is 13.2. The van der Waals surface area contributed by atoms with Crippen molar-refractivity contribution in [3.05, 3.63) is 87.4 Å². The molecule has 0 bridgehead atoms. The maximum Gasteiger partial charge on any atom is 0.256 e. The fourth-order valence-electron chi connectivity index (χ4n) is 4.48. The molecule has 1 unspecified atom stereocenters. The Balaban J connectivity index is 1.37. The molecule has 4 rings (SSSR count). The quantitative estimate of drug-likeness (QED) is 0.496. The number of rotatable bonds is 8. The van der Waals surface area contributed by atoms with Crippen LogP contribution in [-0.4, -0.2) is 39.6 Å². The average molecular weight is 498 g/mol. The van der Waals surface area contributed by atoms with E-state index in [0.29, 0.717) is 30.9 Å². The van der Waals surface area contributed by atoms with Gasteiger partial charge in [0, 0.05) is 19.6 Å². The van der Waals surface area contributed by atoms with Crippen LogP contribution < -0.4 is 11.1 Å². The number of nitrogens with one attached hydrogen (secondary N) is 1. The van der Waals surface area contributed by atoms with Gasteiger partial charge in [-0.3, -0.25) is 14.5 Å². The molecule has 3 N–H and O–H groups in total. The fourth-order valence-corrected chi connectivity index (χ4v) is 4.80. The Morgan fingerprint density at radius 3 is 2.63 bits per heavy atom. The summed E-state index contributed by atoms with van der Waals surface area (Å²) in [5.74, 6) is -0.945. The van der Waals surface area contributed by atoms with E-state index in [9.17, 15) is 14.0 Å². The number of benzene rings is 2. The summed E-state index contributed by atoms with van der Waals surface area (Å²) in [7, 11) is 0. The molecule has 7 nitrogen and oxygen atoms in total. The summed E-state index contributed by atoms with van der Waals surface area (Å²) in [6.07, 6.45) is 1.80. The molecule has 2 heterocycles. The molecule has 0 spiro atoms. The van der Waals surface area contributed by atoms with Crippen molar-refractivity contribution >= 4 is 23.4 Å². The minimum Gasteiger partial charge on any atom is -0.369 e. The largest absolute Gasteiger partial charge is 0.369 e. The summed E-state index contributed by atoms with van der Waals surface area (Å²) in [4.78, 5) is 26.7. The lowest BCUT2D eigenvalue weighted by molar-refractivity contribution is -0.123. The van der Waals surface area contributed by atoms with Gasteiger partial charge in [-0.2, -0.15) is 5.10 Å². The molecule has 35 heavy (non-hydrogen) atoms. The Bertz CT molecular complexity index is 1210. The highest BCUT2D eigenvalue weighted by atomic mass is 35.5. The van der Waals surface area contributed by atoms with Crippen LogP contribution >= 0.6 is 11.6 Å². The minimum absolute atomic E-state index is 0.0943. The number of primary amides is 1. The van der Waals surface area contributed by atoms with Crippen molar-refractivity contribution in [1.82, 2.24) is 20.0 Å². The van der Waals surface area contributed by atoms with Gasteiger partial charge in [-0.1, -0.05) is 48.0 Å². The smallest absolute Gasteiger partial charge is 0.256 e. The normalized spacial score (nSPS) is 16.3. The van der Waals surface area contributed by atoms with Crippen LogP contribution in [0, 0.1) is 18.7 Å². The molecular formula is C26H29ClFN5O2. The number of nitrogens with zero attached hydrogens (tertiary/aromatic N) is 3. The highest BCUT2D eigenvalue weighted by molar-refractivity contribution is 6.33. The number of likely N-dealkylation sites (tertiary alicyclic amines) is 1. The maximum atomic E-state index is 13.2. The second-order valence-electron chi connectivity index (χ2n) is 9.01. The van der Waals surface area contributed by atoms with Crippen LogP contribution in [0.1, 0.15) is 45.6 Å². The molecule has 1 atom stereocenters. The molecule has 9 heteroatoms. The summed E-state index contributed by atoms with van der Waals surface area (Å²) in [6, 6.07) is 14.1. The Morgan fingerprint density at radius 1 is 1.14 bits per heavy atom. The van der Waals surface area contributed by atoms with E-state index < -0.39 is 0 Å². The third-order valence-corrected chi connectivity index (χ3v) is 6.68. The molecule has 2 aromatic carbocycles. The first-order valence-corrected chi connectivity index (χ1v) is 12.0. The van der Waals surface area contributed by atoms with Gasteiger partial charge in [-0.15, -0.1) is 0 Å². The Morgan fingerprint density at radius 2 is 1.89 bits per heavy atom. The van der Waals surface area contributed by atoms with E-state index in [1.54, 1.807) is 19.1 Å². The number of amides is 2. The van der Waals surface area contributed by atoms with Gasteiger partial charge in [0.05, 0.1) is 23.7 Å². The topological polar surface area (TPSA) is 93.2 Å². The van der Waals surface area contributed by atoms with E-state index in [-0.39, 0.29) is 28.7 Å². The van der Waals surface area contributed by atoms with Crippen molar-refractivity contribution in [3.63, 3.8) is 0 Å². The van der Waals surface area contributed by atoms with Crippen molar-refractivity contribution in [2.75, 3.05) is 13.1 Å². The van der Waals surface area contributed by atoms with E-state index >= 15 is 0 Å².